The first kappa shape index (κ1) is 14.6. The summed E-state index contributed by atoms with van der Waals surface area (Å²) in [6.07, 6.45) is 0. The van der Waals surface area contributed by atoms with E-state index in [0.29, 0.717) is 5.75 Å². The Labute approximate surface area is 121 Å². The quantitative estimate of drug-likeness (QED) is 0.859. The maximum absolute atomic E-state index is 9.54. The predicted molar refractivity (Wildman–Crippen MR) is 84.0 cm³/mol. The van der Waals surface area contributed by atoms with E-state index in [1.807, 2.05) is 24.3 Å². The third-order valence-corrected chi connectivity index (χ3v) is 3.78. The van der Waals surface area contributed by atoms with Gasteiger partial charge in [-0.2, -0.15) is 0 Å². The third kappa shape index (κ3) is 3.61. The minimum absolute atomic E-state index is 0.0757. The van der Waals surface area contributed by atoms with Crippen molar-refractivity contribution in [3.8, 4) is 5.75 Å². The molecule has 0 heterocycles. The summed E-state index contributed by atoms with van der Waals surface area (Å²) in [5.74, 6) is 0.318. The molecule has 2 rings (SSSR count). The van der Waals surface area contributed by atoms with Crippen molar-refractivity contribution in [1.82, 2.24) is 5.32 Å². The van der Waals surface area contributed by atoms with Crippen LogP contribution in [0.2, 0.25) is 0 Å². The first-order valence-electron chi connectivity index (χ1n) is 7.07. The highest BCUT2D eigenvalue weighted by Crippen LogP contribution is 2.24. The van der Waals surface area contributed by atoms with Crippen molar-refractivity contribution in [2.45, 2.75) is 32.2 Å². The number of benzene rings is 2. The zero-order chi connectivity index (χ0) is 14.6. The number of hydrogen-bond donors (Lipinski definition) is 2. The van der Waals surface area contributed by atoms with E-state index in [0.717, 1.165) is 12.1 Å². The van der Waals surface area contributed by atoms with E-state index < -0.39 is 0 Å². The highest BCUT2D eigenvalue weighted by Gasteiger charge is 2.21. The van der Waals surface area contributed by atoms with E-state index in [-0.39, 0.29) is 11.5 Å². The monoisotopic (exact) mass is 269 g/mol. The Bertz CT molecular complexity index is 548. The molecule has 1 unspecified atom stereocenters. The Morgan fingerprint density at radius 1 is 1.05 bits per heavy atom. The molecule has 2 aromatic carbocycles. The molecule has 0 spiro atoms. The maximum atomic E-state index is 9.54. The highest BCUT2D eigenvalue weighted by molar-refractivity contribution is 5.29. The van der Waals surface area contributed by atoms with Crippen LogP contribution in [0.25, 0.3) is 0 Å². The van der Waals surface area contributed by atoms with E-state index in [9.17, 15) is 5.11 Å². The molecule has 0 radical (unpaired) electrons. The van der Waals surface area contributed by atoms with Gasteiger partial charge in [0.2, 0.25) is 0 Å². The normalized spacial score (nSPS) is 13.2. The lowest BCUT2D eigenvalue weighted by atomic mass is 9.84. The molecule has 0 saturated carbocycles. The molecule has 0 fully saturated rings. The van der Waals surface area contributed by atoms with Crippen LogP contribution in [0.1, 0.15) is 37.9 Å². The third-order valence-electron chi connectivity index (χ3n) is 3.78. The molecule has 0 amide bonds. The van der Waals surface area contributed by atoms with Gasteiger partial charge in [0.15, 0.2) is 0 Å². The van der Waals surface area contributed by atoms with E-state index in [4.69, 9.17) is 0 Å². The van der Waals surface area contributed by atoms with Crippen LogP contribution in [0.3, 0.4) is 0 Å². The van der Waals surface area contributed by atoms with E-state index in [1.165, 1.54) is 5.56 Å². The second kappa shape index (κ2) is 6.10. The van der Waals surface area contributed by atoms with Gasteiger partial charge in [0.1, 0.15) is 5.75 Å². The Kier molecular flexibility index (Phi) is 4.46. The molecule has 0 aromatic heterocycles. The summed E-state index contributed by atoms with van der Waals surface area (Å²) in [6, 6.07) is 18.2. The zero-order valence-corrected chi connectivity index (χ0v) is 12.4. The molecule has 0 aliphatic rings. The predicted octanol–water partition coefficient (Wildman–Crippen LogP) is 4.02. The SMILES string of the molecule is CC(NCC(C)(C)c1ccccc1)c1cccc(O)c1. The van der Waals surface area contributed by atoms with Crippen molar-refractivity contribution < 1.29 is 5.11 Å². The molecule has 20 heavy (non-hydrogen) atoms. The van der Waals surface area contributed by atoms with Crippen LogP contribution in [-0.4, -0.2) is 11.7 Å². The van der Waals surface area contributed by atoms with Crippen LogP contribution >= 0.6 is 0 Å². The molecular formula is C18H23NO. The number of hydrogen-bond acceptors (Lipinski definition) is 2. The summed E-state index contributed by atoms with van der Waals surface area (Å²) in [6.45, 7) is 7.48. The van der Waals surface area contributed by atoms with Crippen LogP contribution in [0, 0.1) is 0 Å². The van der Waals surface area contributed by atoms with Gasteiger partial charge in [-0.3, -0.25) is 0 Å². The van der Waals surface area contributed by atoms with Gasteiger partial charge in [0.25, 0.3) is 0 Å². The Hall–Kier alpha value is -1.80. The zero-order valence-electron chi connectivity index (χ0n) is 12.4. The fourth-order valence-corrected chi connectivity index (χ4v) is 2.31. The summed E-state index contributed by atoms with van der Waals surface area (Å²) in [5, 5.41) is 13.1. The lowest BCUT2D eigenvalue weighted by Crippen LogP contribution is -2.34. The van der Waals surface area contributed by atoms with Crippen molar-refractivity contribution >= 4 is 0 Å². The van der Waals surface area contributed by atoms with E-state index in [2.05, 4.69) is 50.4 Å². The largest absolute Gasteiger partial charge is 0.508 e. The summed E-state index contributed by atoms with van der Waals surface area (Å²) in [7, 11) is 0. The molecule has 106 valence electrons. The second-order valence-corrected chi connectivity index (χ2v) is 5.95. The van der Waals surface area contributed by atoms with Gasteiger partial charge in [0, 0.05) is 18.0 Å². The van der Waals surface area contributed by atoms with Crippen molar-refractivity contribution in [3.05, 3.63) is 65.7 Å². The van der Waals surface area contributed by atoms with Gasteiger partial charge in [-0.1, -0.05) is 56.3 Å². The van der Waals surface area contributed by atoms with Crippen molar-refractivity contribution in [2.24, 2.45) is 0 Å². The second-order valence-electron chi connectivity index (χ2n) is 5.95. The molecule has 0 saturated heterocycles. The van der Waals surface area contributed by atoms with Crippen LogP contribution < -0.4 is 5.32 Å². The Morgan fingerprint density at radius 3 is 2.40 bits per heavy atom. The van der Waals surface area contributed by atoms with Gasteiger partial charge in [0.05, 0.1) is 0 Å². The van der Waals surface area contributed by atoms with Gasteiger partial charge in [-0.05, 0) is 30.2 Å². The number of phenols is 1. The van der Waals surface area contributed by atoms with Crippen molar-refractivity contribution in [1.29, 1.82) is 0 Å². The number of nitrogens with one attached hydrogen (secondary N) is 1. The maximum Gasteiger partial charge on any atom is 0.115 e. The molecule has 2 nitrogen and oxygen atoms in total. The molecule has 0 aliphatic carbocycles. The van der Waals surface area contributed by atoms with Gasteiger partial charge in [-0.15, -0.1) is 0 Å². The molecule has 0 aliphatic heterocycles. The lowest BCUT2D eigenvalue weighted by molar-refractivity contribution is 0.433. The highest BCUT2D eigenvalue weighted by atomic mass is 16.3. The fourth-order valence-electron chi connectivity index (χ4n) is 2.31. The van der Waals surface area contributed by atoms with Crippen LogP contribution in [0.4, 0.5) is 0 Å². The van der Waals surface area contributed by atoms with Crippen LogP contribution in [0.15, 0.2) is 54.6 Å². The first-order valence-corrected chi connectivity index (χ1v) is 7.07. The lowest BCUT2D eigenvalue weighted by Gasteiger charge is -2.28. The fraction of sp³-hybridized carbons (Fsp3) is 0.333. The van der Waals surface area contributed by atoms with Gasteiger partial charge < -0.3 is 10.4 Å². The number of aromatic hydroxyl groups is 1. The topological polar surface area (TPSA) is 32.3 Å². The molecule has 2 heteroatoms. The Morgan fingerprint density at radius 2 is 1.75 bits per heavy atom. The average Bonchev–Trinajstić information content (AvgIpc) is 2.46. The van der Waals surface area contributed by atoms with Crippen molar-refractivity contribution in [2.75, 3.05) is 6.54 Å². The Balaban J connectivity index is 2.01. The minimum atomic E-state index is 0.0757. The van der Waals surface area contributed by atoms with Crippen molar-refractivity contribution in [3.63, 3.8) is 0 Å². The summed E-state index contributed by atoms with van der Waals surface area (Å²) in [4.78, 5) is 0. The first-order chi connectivity index (χ1) is 9.49. The number of rotatable bonds is 5. The minimum Gasteiger partial charge on any atom is -0.508 e. The van der Waals surface area contributed by atoms with E-state index >= 15 is 0 Å². The smallest absolute Gasteiger partial charge is 0.115 e. The molecule has 1 atom stereocenters. The van der Waals surface area contributed by atoms with Gasteiger partial charge >= 0.3 is 0 Å². The summed E-state index contributed by atoms with van der Waals surface area (Å²) in [5.41, 5.74) is 2.51. The molecule has 2 aromatic rings. The number of phenolic OH excluding ortho intramolecular Hbond substituents is 1. The van der Waals surface area contributed by atoms with Crippen LogP contribution in [0.5, 0.6) is 5.75 Å². The summed E-state index contributed by atoms with van der Waals surface area (Å²) >= 11 is 0. The standard InChI is InChI=1S/C18H23NO/c1-14(15-8-7-11-17(20)12-15)19-13-18(2,3)16-9-5-4-6-10-16/h4-12,14,19-20H,13H2,1-3H3. The van der Waals surface area contributed by atoms with E-state index in [1.54, 1.807) is 6.07 Å². The summed E-state index contributed by atoms with van der Waals surface area (Å²) < 4.78 is 0. The van der Waals surface area contributed by atoms with Gasteiger partial charge in [-0.25, -0.2) is 0 Å². The average molecular weight is 269 g/mol. The molecular weight excluding hydrogens is 246 g/mol. The molecule has 0 bridgehead atoms. The molecule has 2 N–H and O–H groups in total. The van der Waals surface area contributed by atoms with Crippen LogP contribution in [-0.2, 0) is 5.41 Å².